The average molecular weight is 719 g/mol. The minimum absolute atomic E-state index is 0.213. The van der Waals surface area contributed by atoms with Gasteiger partial charge in [-0.1, -0.05) is 24.3 Å². The lowest BCUT2D eigenvalue weighted by atomic mass is 9.89. The maximum Gasteiger partial charge on any atom is 0.323 e. The number of pyridine rings is 2. The zero-order valence-corrected chi connectivity index (χ0v) is 30.0. The molecule has 12 heteroatoms. The Bertz CT molecular complexity index is 2040. The third-order valence-corrected chi connectivity index (χ3v) is 10.7. The highest BCUT2D eigenvalue weighted by molar-refractivity contribution is 6.05. The van der Waals surface area contributed by atoms with Crippen LogP contribution in [0.5, 0.6) is 0 Å². The standard InChI is InChI=1S/C41H46N6O6/c1-22-30(5-3-7-34(22)46-39(50)36-15-32(24-9-10-24)26(18-43-36)17-42-28-13-29(49)14-28)31-6-4-8-35(23(31)2)47-40(51)37-16-33(25-11-12-25)27(19-44-37)20-45-38(21-48)41(52)53/h3-8,15-16,18-19,24-25,28-29,38,42,45,48-49H,9-14,17,20-21H2,1-2H3,(H,46,50)(H,47,51)(H,52,53)/t28-,29+,38-/m1/s1. The second-order valence-electron chi connectivity index (χ2n) is 14.6. The summed E-state index contributed by atoms with van der Waals surface area (Å²) in [6.45, 7) is 4.26. The van der Waals surface area contributed by atoms with Crippen LogP contribution >= 0.6 is 0 Å². The van der Waals surface area contributed by atoms with Gasteiger partial charge in [-0.3, -0.25) is 29.7 Å². The van der Waals surface area contributed by atoms with Gasteiger partial charge in [0, 0.05) is 42.9 Å². The van der Waals surface area contributed by atoms with Crippen LogP contribution in [0.2, 0.25) is 0 Å². The minimum Gasteiger partial charge on any atom is -0.480 e. The van der Waals surface area contributed by atoms with Gasteiger partial charge >= 0.3 is 5.97 Å². The highest BCUT2D eigenvalue weighted by atomic mass is 16.4. The van der Waals surface area contributed by atoms with Crippen molar-refractivity contribution < 1.29 is 29.7 Å². The van der Waals surface area contributed by atoms with Crippen molar-refractivity contribution in [3.8, 4) is 11.1 Å². The van der Waals surface area contributed by atoms with Crippen LogP contribution < -0.4 is 21.3 Å². The molecule has 3 fully saturated rings. The number of carboxylic acids is 1. The van der Waals surface area contributed by atoms with Gasteiger partial charge in [-0.05, 0) is 133 Å². The number of carbonyl (C=O) groups excluding carboxylic acids is 2. The molecule has 0 aliphatic heterocycles. The molecule has 0 spiro atoms. The van der Waals surface area contributed by atoms with Crippen LogP contribution in [0, 0.1) is 13.8 Å². The maximum atomic E-state index is 13.5. The van der Waals surface area contributed by atoms with Gasteiger partial charge in [0.25, 0.3) is 11.8 Å². The highest BCUT2D eigenvalue weighted by Gasteiger charge is 2.31. The van der Waals surface area contributed by atoms with E-state index in [4.69, 9.17) is 0 Å². The van der Waals surface area contributed by atoms with E-state index in [0.29, 0.717) is 35.6 Å². The number of hydrogen-bond acceptors (Lipinski definition) is 9. The van der Waals surface area contributed by atoms with Gasteiger partial charge in [0.1, 0.15) is 17.4 Å². The first-order valence-electron chi connectivity index (χ1n) is 18.4. The van der Waals surface area contributed by atoms with E-state index in [1.165, 1.54) is 0 Å². The lowest BCUT2D eigenvalue weighted by Gasteiger charge is -2.32. The van der Waals surface area contributed by atoms with Crippen LogP contribution in [0.25, 0.3) is 11.1 Å². The monoisotopic (exact) mass is 718 g/mol. The Hall–Kier alpha value is -5.01. The molecule has 0 bridgehead atoms. The summed E-state index contributed by atoms with van der Waals surface area (Å²) >= 11 is 0. The molecule has 276 valence electrons. The number of hydrogen-bond donors (Lipinski definition) is 7. The van der Waals surface area contributed by atoms with Crippen molar-refractivity contribution >= 4 is 29.2 Å². The van der Waals surface area contributed by atoms with Crippen molar-refractivity contribution in [2.24, 2.45) is 0 Å². The number of aliphatic hydroxyl groups excluding tert-OH is 2. The van der Waals surface area contributed by atoms with Crippen molar-refractivity contribution in [3.05, 3.63) is 106 Å². The average Bonchev–Trinajstić information content (AvgIpc) is 4.06. The Morgan fingerprint density at radius 3 is 1.70 bits per heavy atom. The quantitative estimate of drug-likeness (QED) is 0.0865. The Labute approximate surface area is 308 Å². The summed E-state index contributed by atoms with van der Waals surface area (Å²) in [4.78, 5) is 47.4. The molecule has 1 atom stereocenters. The predicted molar refractivity (Wildman–Crippen MR) is 201 cm³/mol. The lowest BCUT2D eigenvalue weighted by molar-refractivity contribution is -0.140. The van der Waals surface area contributed by atoms with Crippen molar-refractivity contribution in [2.75, 3.05) is 17.2 Å². The molecule has 3 saturated carbocycles. The number of aromatic nitrogens is 2. The number of nitrogens with zero attached hydrogens (tertiary/aromatic N) is 2. The number of benzene rings is 2. The van der Waals surface area contributed by atoms with E-state index in [1.54, 1.807) is 18.5 Å². The summed E-state index contributed by atoms with van der Waals surface area (Å²) in [6, 6.07) is 14.4. The third-order valence-electron chi connectivity index (χ3n) is 10.7. The number of carbonyl (C=O) groups is 3. The summed E-state index contributed by atoms with van der Waals surface area (Å²) in [5, 5.41) is 40.7. The number of amides is 2. The fourth-order valence-corrected chi connectivity index (χ4v) is 7.06. The largest absolute Gasteiger partial charge is 0.480 e. The van der Waals surface area contributed by atoms with E-state index in [0.717, 1.165) is 83.0 Å². The lowest BCUT2D eigenvalue weighted by Crippen LogP contribution is -2.43. The maximum absolute atomic E-state index is 13.5. The van der Waals surface area contributed by atoms with Crippen LogP contribution in [0.3, 0.4) is 0 Å². The molecule has 0 saturated heterocycles. The molecule has 2 amide bonds. The van der Waals surface area contributed by atoms with Crippen molar-refractivity contribution in [3.63, 3.8) is 0 Å². The first kappa shape index (κ1) is 36.4. The van der Waals surface area contributed by atoms with Crippen LogP contribution in [-0.2, 0) is 17.9 Å². The second-order valence-corrected chi connectivity index (χ2v) is 14.6. The van der Waals surface area contributed by atoms with Gasteiger partial charge in [-0.15, -0.1) is 0 Å². The second kappa shape index (κ2) is 15.5. The van der Waals surface area contributed by atoms with Crippen LogP contribution in [0.1, 0.15) is 105 Å². The van der Waals surface area contributed by atoms with Gasteiger partial charge in [0.2, 0.25) is 0 Å². The smallest absolute Gasteiger partial charge is 0.323 e. The van der Waals surface area contributed by atoms with E-state index < -0.39 is 18.6 Å². The highest BCUT2D eigenvalue weighted by Crippen LogP contribution is 2.43. The molecule has 0 radical (unpaired) electrons. The molecule has 2 heterocycles. The molecule has 2 aromatic carbocycles. The summed E-state index contributed by atoms with van der Waals surface area (Å²) < 4.78 is 0. The summed E-state index contributed by atoms with van der Waals surface area (Å²) in [5.74, 6) is -1.04. The molecular weight excluding hydrogens is 672 g/mol. The molecule has 0 unspecified atom stereocenters. The Morgan fingerprint density at radius 2 is 1.26 bits per heavy atom. The predicted octanol–water partition coefficient (Wildman–Crippen LogP) is 5.17. The Morgan fingerprint density at radius 1 is 0.774 bits per heavy atom. The van der Waals surface area contributed by atoms with E-state index in [9.17, 15) is 29.7 Å². The van der Waals surface area contributed by atoms with Crippen molar-refractivity contribution in [1.29, 1.82) is 0 Å². The topological polar surface area (TPSA) is 186 Å². The molecule has 3 aliphatic rings. The molecule has 53 heavy (non-hydrogen) atoms. The van der Waals surface area contributed by atoms with Crippen LogP contribution in [-0.4, -0.2) is 67.9 Å². The van der Waals surface area contributed by atoms with E-state index in [2.05, 4.69) is 31.2 Å². The Kier molecular flexibility index (Phi) is 10.7. The van der Waals surface area contributed by atoms with Crippen LogP contribution in [0.4, 0.5) is 11.4 Å². The number of carboxylic acid groups (broad SMARTS) is 1. The molecule has 7 N–H and O–H groups in total. The van der Waals surface area contributed by atoms with Gasteiger partial charge in [0.15, 0.2) is 0 Å². The number of rotatable bonds is 15. The summed E-state index contributed by atoms with van der Waals surface area (Å²) in [6.07, 6.45) is 8.90. The van der Waals surface area contributed by atoms with Crippen molar-refractivity contribution in [1.82, 2.24) is 20.6 Å². The molecule has 2 aromatic heterocycles. The number of anilines is 2. The molecular formula is C41H46N6O6. The first-order valence-corrected chi connectivity index (χ1v) is 18.4. The zero-order valence-electron chi connectivity index (χ0n) is 30.0. The van der Waals surface area contributed by atoms with Gasteiger partial charge in [0.05, 0.1) is 12.7 Å². The van der Waals surface area contributed by atoms with Gasteiger partial charge < -0.3 is 31.3 Å². The normalized spacial score (nSPS) is 18.6. The number of aliphatic carboxylic acids is 1. The van der Waals surface area contributed by atoms with Crippen molar-refractivity contribution in [2.45, 2.75) is 95.5 Å². The van der Waals surface area contributed by atoms with E-state index in [1.807, 2.05) is 56.3 Å². The number of nitrogens with one attached hydrogen (secondary N) is 4. The fourth-order valence-electron chi connectivity index (χ4n) is 7.06. The van der Waals surface area contributed by atoms with E-state index in [-0.39, 0.29) is 36.1 Å². The van der Waals surface area contributed by atoms with Gasteiger partial charge in [-0.2, -0.15) is 0 Å². The SMILES string of the molecule is Cc1c(NC(=O)c2cc(C3CC3)c(CN[C@H](CO)C(=O)O)cn2)cccc1-c1cccc(NC(=O)c2cc(C3CC3)c(CN[C@H]3C[C@@H](O)C3)cn2)c1C. The molecule has 12 nitrogen and oxygen atoms in total. The fraction of sp³-hybridized carbons (Fsp3) is 0.390. The van der Waals surface area contributed by atoms with Crippen LogP contribution in [0.15, 0.2) is 60.9 Å². The molecule has 7 rings (SSSR count). The Balaban J connectivity index is 1.05. The zero-order chi connectivity index (χ0) is 37.2. The summed E-state index contributed by atoms with van der Waals surface area (Å²) in [5.41, 5.74) is 9.53. The summed E-state index contributed by atoms with van der Waals surface area (Å²) in [7, 11) is 0. The number of aliphatic hydroxyl groups is 2. The molecule has 4 aromatic rings. The minimum atomic E-state index is -1.13. The van der Waals surface area contributed by atoms with Gasteiger partial charge in [-0.25, -0.2) is 0 Å². The first-order chi connectivity index (χ1) is 25.6. The van der Waals surface area contributed by atoms with E-state index >= 15 is 0 Å². The molecule has 3 aliphatic carbocycles. The third kappa shape index (κ3) is 8.31.